The number of rotatable bonds is 7. The zero-order valence-corrected chi connectivity index (χ0v) is 19.7. The lowest BCUT2D eigenvalue weighted by Crippen LogP contribution is -2.28. The molecule has 0 aliphatic rings. The molecule has 1 N–H and O–H groups in total. The molecule has 0 aliphatic heterocycles. The monoisotopic (exact) mass is 464 g/mol. The molecular weight excluding hydrogens is 436 g/mol. The SMILES string of the molecule is COC(=O)/C(=C\c1cn(CC(=O)OC(C)(C)C)c2ccccc12)NC(=O)OCc1ccccc1. The number of para-hydroxylation sites is 1. The Bertz CT molecular complexity index is 1210. The number of amides is 1. The lowest BCUT2D eigenvalue weighted by molar-refractivity contribution is -0.155. The number of fused-ring (bicyclic) bond motifs is 1. The summed E-state index contributed by atoms with van der Waals surface area (Å²) < 4.78 is 17.2. The van der Waals surface area contributed by atoms with Crippen LogP contribution in [0.5, 0.6) is 0 Å². The molecule has 8 nitrogen and oxygen atoms in total. The average molecular weight is 465 g/mol. The molecule has 2 aromatic carbocycles. The molecule has 0 radical (unpaired) electrons. The third kappa shape index (κ3) is 6.71. The number of hydrogen-bond donors (Lipinski definition) is 1. The Labute approximate surface area is 198 Å². The van der Waals surface area contributed by atoms with Gasteiger partial charge in [-0.2, -0.15) is 0 Å². The van der Waals surface area contributed by atoms with Gasteiger partial charge in [-0.3, -0.25) is 10.1 Å². The number of alkyl carbamates (subject to hydrolysis) is 1. The zero-order valence-electron chi connectivity index (χ0n) is 19.7. The fourth-order valence-electron chi connectivity index (χ4n) is 3.31. The van der Waals surface area contributed by atoms with E-state index in [2.05, 4.69) is 5.32 Å². The highest BCUT2D eigenvalue weighted by Crippen LogP contribution is 2.24. The van der Waals surface area contributed by atoms with Gasteiger partial charge < -0.3 is 18.8 Å². The van der Waals surface area contributed by atoms with E-state index in [9.17, 15) is 14.4 Å². The van der Waals surface area contributed by atoms with Crippen LogP contribution in [0, 0.1) is 0 Å². The van der Waals surface area contributed by atoms with E-state index in [1.54, 1.807) is 31.5 Å². The molecule has 0 bridgehead atoms. The summed E-state index contributed by atoms with van der Waals surface area (Å²) in [6, 6.07) is 16.6. The van der Waals surface area contributed by atoms with Gasteiger partial charge in [0.15, 0.2) is 0 Å². The normalized spacial score (nSPS) is 11.7. The molecule has 178 valence electrons. The van der Waals surface area contributed by atoms with Crippen LogP contribution in [0.4, 0.5) is 4.79 Å². The van der Waals surface area contributed by atoms with Gasteiger partial charge in [0.2, 0.25) is 0 Å². The maximum Gasteiger partial charge on any atom is 0.412 e. The number of carbonyl (C=O) groups is 3. The van der Waals surface area contributed by atoms with Gasteiger partial charge in [0, 0.05) is 22.7 Å². The molecule has 0 unspecified atom stereocenters. The molecule has 1 amide bonds. The molecule has 0 saturated carbocycles. The lowest BCUT2D eigenvalue weighted by atomic mass is 10.1. The van der Waals surface area contributed by atoms with Crippen LogP contribution in [0.3, 0.4) is 0 Å². The van der Waals surface area contributed by atoms with Gasteiger partial charge in [-0.05, 0) is 38.5 Å². The highest BCUT2D eigenvalue weighted by molar-refractivity contribution is 6.00. The van der Waals surface area contributed by atoms with E-state index < -0.39 is 17.7 Å². The van der Waals surface area contributed by atoms with Crippen LogP contribution in [-0.4, -0.2) is 35.3 Å². The third-order valence-electron chi connectivity index (χ3n) is 4.69. The fraction of sp³-hybridized carbons (Fsp3) is 0.269. The second-order valence-corrected chi connectivity index (χ2v) is 8.55. The molecule has 0 aliphatic carbocycles. The van der Waals surface area contributed by atoms with E-state index in [1.165, 1.54) is 13.2 Å². The van der Waals surface area contributed by atoms with Crippen molar-refractivity contribution in [2.45, 2.75) is 39.5 Å². The quantitative estimate of drug-likeness (QED) is 0.316. The summed E-state index contributed by atoms with van der Waals surface area (Å²) in [4.78, 5) is 37.1. The van der Waals surface area contributed by atoms with Crippen LogP contribution in [0.1, 0.15) is 31.9 Å². The summed E-state index contributed by atoms with van der Waals surface area (Å²) in [5.41, 5.74) is 1.50. The molecule has 1 aromatic heterocycles. The molecule has 34 heavy (non-hydrogen) atoms. The summed E-state index contributed by atoms with van der Waals surface area (Å²) in [6.07, 6.45) is 2.41. The molecule has 0 saturated heterocycles. The third-order valence-corrected chi connectivity index (χ3v) is 4.69. The smallest absolute Gasteiger partial charge is 0.412 e. The first-order valence-electron chi connectivity index (χ1n) is 10.7. The van der Waals surface area contributed by atoms with Crippen molar-refractivity contribution in [3.05, 3.63) is 77.6 Å². The van der Waals surface area contributed by atoms with Crippen molar-refractivity contribution < 1.29 is 28.6 Å². The van der Waals surface area contributed by atoms with Crippen LogP contribution in [0.25, 0.3) is 17.0 Å². The number of nitrogens with zero attached hydrogens (tertiary/aromatic N) is 1. The first kappa shape index (κ1) is 24.6. The van der Waals surface area contributed by atoms with Crippen LogP contribution in [0.2, 0.25) is 0 Å². The number of benzene rings is 2. The highest BCUT2D eigenvalue weighted by Gasteiger charge is 2.19. The minimum Gasteiger partial charge on any atom is -0.464 e. The Balaban J connectivity index is 1.85. The highest BCUT2D eigenvalue weighted by atomic mass is 16.6. The van der Waals surface area contributed by atoms with Gasteiger partial charge in [0.25, 0.3) is 0 Å². The van der Waals surface area contributed by atoms with Gasteiger partial charge in [0.05, 0.1) is 7.11 Å². The van der Waals surface area contributed by atoms with E-state index in [1.807, 2.05) is 54.6 Å². The number of hydrogen-bond acceptors (Lipinski definition) is 6. The molecule has 8 heteroatoms. The average Bonchev–Trinajstić information content (AvgIpc) is 3.13. The zero-order chi connectivity index (χ0) is 24.7. The van der Waals surface area contributed by atoms with Crippen LogP contribution < -0.4 is 5.32 Å². The van der Waals surface area contributed by atoms with Crippen molar-refractivity contribution in [2.24, 2.45) is 0 Å². The number of aromatic nitrogens is 1. The first-order valence-corrected chi connectivity index (χ1v) is 10.7. The molecule has 0 fully saturated rings. The molecule has 0 atom stereocenters. The van der Waals surface area contributed by atoms with Crippen LogP contribution >= 0.6 is 0 Å². The van der Waals surface area contributed by atoms with Gasteiger partial charge >= 0.3 is 18.0 Å². The summed E-state index contributed by atoms with van der Waals surface area (Å²) in [6.45, 7) is 5.45. The Kier molecular flexibility index (Phi) is 7.73. The number of nitrogens with one attached hydrogen (secondary N) is 1. The molecular formula is C26H28N2O6. The number of esters is 2. The minimum atomic E-state index is -0.794. The predicted molar refractivity (Wildman–Crippen MR) is 128 cm³/mol. The van der Waals surface area contributed by atoms with Crippen LogP contribution in [-0.2, 0) is 37.0 Å². The predicted octanol–water partition coefficient (Wildman–Crippen LogP) is 4.42. The van der Waals surface area contributed by atoms with E-state index >= 15 is 0 Å². The van der Waals surface area contributed by atoms with Crippen molar-refractivity contribution in [3.8, 4) is 0 Å². The maximum atomic E-state index is 12.4. The summed E-state index contributed by atoms with van der Waals surface area (Å²) in [5, 5.41) is 3.24. The fourth-order valence-corrected chi connectivity index (χ4v) is 3.31. The van der Waals surface area contributed by atoms with Gasteiger partial charge in [0.1, 0.15) is 24.4 Å². The van der Waals surface area contributed by atoms with E-state index in [0.717, 1.165) is 16.5 Å². The number of ether oxygens (including phenoxy) is 3. The molecule has 3 aromatic rings. The molecule has 3 rings (SSSR count). The second kappa shape index (κ2) is 10.7. The first-order chi connectivity index (χ1) is 16.2. The molecule has 1 heterocycles. The lowest BCUT2D eigenvalue weighted by Gasteiger charge is -2.19. The van der Waals surface area contributed by atoms with Crippen LogP contribution in [0.15, 0.2) is 66.5 Å². The van der Waals surface area contributed by atoms with Crippen molar-refractivity contribution >= 4 is 35.0 Å². The Morgan fingerprint density at radius 2 is 1.68 bits per heavy atom. The minimum absolute atomic E-state index is 0.00821. The van der Waals surface area contributed by atoms with Gasteiger partial charge in [-0.1, -0.05) is 48.5 Å². The Hall–Kier alpha value is -4.07. The molecule has 0 spiro atoms. The van der Waals surface area contributed by atoms with E-state index in [4.69, 9.17) is 14.2 Å². The maximum absolute atomic E-state index is 12.4. The standard InChI is InChI=1S/C26H28N2O6/c1-26(2,3)34-23(29)16-28-15-19(20-12-8-9-13-22(20)28)14-21(24(30)32-4)27-25(31)33-17-18-10-6-5-7-11-18/h5-15H,16-17H2,1-4H3,(H,27,31)/b21-14+. The van der Waals surface area contributed by atoms with Crippen molar-refractivity contribution in [1.29, 1.82) is 0 Å². The van der Waals surface area contributed by atoms with E-state index in [-0.39, 0.29) is 24.8 Å². The Morgan fingerprint density at radius 3 is 2.35 bits per heavy atom. The number of methoxy groups -OCH3 is 1. The van der Waals surface area contributed by atoms with Crippen molar-refractivity contribution in [1.82, 2.24) is 9.88 Å². The summed E-state index contributed by atoms with van der Waals surface area (Å²) >= 11 is 0. The number of carbonyl (C=O) groups excluding carboxylic acids is 3. The summed E-state index contributed by atoms with van der Waals surface area (Å²) in [7, 11) is 1.22. The van der Waals surface area contributed by atoms with E-state index in [0.29, 0.717) is 5.56 Å². The summed E-state index contributed by atoms with van der Waals surface area (Å²) in [5.74, 6) is -1.12. The van der Waals surface area contributed by atoms with Gasteiger partial charge in [-0.25, -0.2) is 9.59 Å². The largest absolute Gasteiger partial charge is 0.464 e. The van der Waals surface area contributed by atoms with Crippen molar-refractivity contribution in [2.75, 3.05) is 7.11 Å². The van der Waals surface area contributed by atoms with Crippen molar-refractivity contribution in [3.63, 3.8) is 0 Å². The topological polar surface area (TPSA) is 95.9 Å². The Morgan fingerprint density at radius 1 is 1.00 bits per heavy atom. The second-order valence-electron chi connectivity index (χ2n) is 8.55. The van der Waals surface area contributed by atoms with Gasteiger partial charge in [-0.15, -0.1) is 0 Å².